The first-order valence-corrected chi connectivity index (χ1v) is 9.26. The largest absolute Gasteiger partial charge is 0.382 e. The summed E-state index contributed by atoms with van der Waals surface area (Å²) in [5.41, 5.74) is -1.98. The minimum atomic E-state index is -2.24. The number of hydrogen-bond donors (Lipinski definition) is 2. The molecule has 1 saturated heterocycles. The van der Waals surface area contributed by atoms with Gasteiger partial charge in [0, 0.05) is 27.6 Å². The van der Waals surface area contributed by atoms with Gasteiger partial charge in [0.05, 0.1) is 11.9 Å². The van der Waals surface area contributed by atoms with Crippen molar-refractivity contribution in [3.63, 3.8) is 0 Å². The van der Waals surface area contributed by atoms with Crippen molar-refractivity contribution in [2.75, 3.05) is 0 Å². The molecule has 6 nitrogen and oxygen atoms in total. The first-order valence-electron chi connectivity index (χ1n) is 8.19. The topological polar surface area (TPSA) is 93.1 Å². The quantitative estimate of drug-likeness (QED) is 0.662. The SMILES string of the molecule is O=C(c1ccc(Cl)cc1)C(O)[C@H]1O[C@H](OCl)C[C@@]1(O)C(=O)c1ccc(Cl)cc1. The zero-order chi connectivity index (χ0) is 20.5. The van der Waals surface area contributed by atoms with Gasteiger partial charge >= 0.3 is 0 Å². The van der Waals surface area contributed by atoms with Crippen LogP contribution in [0.15, 0.2) is 48.5 Å². The second-order valence-electron chi connectivity index (χ2n) is 6.36. The van der Waals surface area contributed by atoms with Crippen molar-refractivity contribution in [3.05, 3.63) is 69.7 Å². The molecular weight excluding hydrogens is 431 g/mol. The molecule has 1 aliphatic rings. The Morgan fingerprint density at radius 2 is 1.54 bits per heavy atom. The van der Waals surface area contributed by atoms with Crippen LogP contribution in [0.2, 0.25) is 10.0 Å². The number of ether oxygens (including phenoxy) is 1. The van der Waals surface area contributed by atoms with Crippen molar-refractivity contribution in [2.24, 2.45) is 0 Å². The summed E-state index contributed by atoms with van der Waals surface area (Å²) in [7, 11) is 0. The fourth-order valence-corrected chi connectivity index (χ4v) is 3.44. The summed E-state index contributed by atoms with van der Waals surface area (Å²) in [6, 6.07) is 11.6. The summed E-state index contributed by atoms with van der Waals surface area (Å²) in [6.45, 7) is 0. The average molecular weight is 446 g/mol. The highest BCUT2D eigenvalue weighted by Crippen LogP contribution is 2.37. The van der Waals surface area contributed by atoms with E-state index in [1.165, 1.54) is 48.5 Å². The van der Waals surface area contributed by atoms with Crippen molar-refractivity contribution in [1.29, 1.82) is 0 Å². The van der Waals surface area contributed by atoms with Crippen molar-refractivity contribution >= 4 is 46.6 Å². The molecule has 1 unspecified atom stereocenters. The Kier molecular flexibility index (Phi) is 6.41. The van der Waals surface area contributed by atoms with Gasteiger partial charge in [-0.2, -0.15) is 0 Å². The summed E-state index contributed by atoms with van der Waals surface area (Å²) >= 11 is 17.0. The molecule has 4 atom stereocenters. The first-order chi connectivity index (χ1) is 13.3. The third-order valence-corrected chi connectivity index (χ3v) is 5.23. The maximum absolute atomic E-state index is 12.9. The number of carbonyl (C=O) groups excluding carboxylic acids is 2. The molecule has 148 valence electrons. The van der Waals surface area contributed by atoms with Gasteiger partial charge in [-0.15, -0.1) is 0 Å². The number of halogens is 3. The third-order valence-electron chi connectivity index (χ3n) is 4.53. The Morgan fingerprint density at radius 3 is 2.04 bits per heavy atom. The van der Waals surface area contributed by atoms with Crippen molar-refractivity contribution < 1.29 is 28.8 Å². The van der Waals surface area contributed by atoms with Crippen molar-refractivity contribution in [3.8, 4) is 0 Å². The molecule has 3 rings (SSSR count). The van der Waals surface area contributed by atoms with Crippen LogP contribution in [-0.4, -0.2) is 45.9 Å². The van der Waals surface area contributed by atoms with E-state index in [0.29, 0.717) is 10.0 Å². The molecule has 0 radical (unpaired) electrons. The van der Waals surface area contributed by atoms with Gasteiger partial charge in [-0.1, -0.05) is 23.2 Å². The van der Waals surface area contributed by atoms with Gasteiger partial charge in [0.2, 0.25) is 0 Å². The van der Waals surface area contributed by atoms with E-state index in [1.54, 1.807) is 0 Å². The van der Waals surface area contributed by atoms with Gasteiger partial charge in [0.25, 0.3) is 0 Å². The summed E-state index contributed by atoms with van der Waals surface area (Å²) in [4.78, 5) is 25.6. The lowest BCUT2D eigenvalue weighted by Crippen LogP contribution is -2.53. The van der Waals surface area contributed by atoms with E-state index in [4.69, 9.17) is 39.8 Å². The van der Waals surface area contributed by atoms with E-state index >= 15 is 0 Å². The van der Waals surface area contributed by atoms with Crippen LogP contribution in [0, 0.1) is 0 Å². The third kappa shape index (κ3) is 4.09. The van der Waals surface area contributed by atoms with Crippen LogP contribution in [0.1, 0.15) is 27.1 Å². The Hall–Kier alpha value is -1.51. The van der Waals surface area contributed by atoms with Crippen molar-refractivity contribution in [2.45, 2.75) is 30.5 Å². The number of Topliss-reactive ketones (excluding diaryl/α,β-unsaturated/α-hetero) is 2. The second kappa shape index (κ2) is 8.47. The molecule has 0 saturated carbocycles. The van der Waals surface area contributed by atoms with Gasteiger partial charge < -0.3 is 14.9 Å². The molecule has 2 aromatic rings. The molecule has 28 heavy (non-hydrogen) atoms. The predicted molar refractivity (Wildman–Crippen MR) is 103 cm³/mol. The lowest BCUT2D eigenvalue weighted by Gasteiger charge is -2.29. The molecule has 1 aliphatic heterocycles. The zero-order valence-electron chi connectivity index (χ0n) is 14.2. The Balaban J connectivity index is 1.92. The Labute approximate surface area is 175 Å². The molecule has 0 aliphatic carbocycles. The normalized spacial score (nSPS) is 25.5. The first kappa shape index (κ1) is 21.2. The number of aliphatic hydroxyl groups is 2. The highest BCUT2D eigenvalue weighted by atomic mass is 35.5. The van der Waals surface area contributed by atoms with Crippen LogP contribution in [0.3, 0.4) is 0 Å². The number of aliphatic hydroxyl groups excluding tert-OH is 1. The van der Waals surface area contributed by atoms with Gasteiger partial charge in [0.15, 0.2) is 23.5 Å². The second-order valence-corrected chi connectivity index (χ2v) is 7.41. The Bertz CT molecular complexity index is 870. The van der Waals surface area contributed by atoms with E-state index in [9.17, 15) is 19.8 Å². The standard InChI is InChI=1S/C19H15Cl3O6/c20-12-5-1-10(2-6-12)15(23)16(24)18-19(26,9-14(27-18)28-22)17(25)11-3-7-13(21)8-4-11/h1-8,14,16,18,24,26H,9H2/t14-,16?,18-,19-/m1/s1. The van der Waals surface area contributed by atoms with Crippen LogP contribution in [0.5, 0.6) is 0 Å². The zero-order valence-corrected chi connectivity index (χ0v) is 16.5. The maximum Gasteiger partial charge on any atom is 0.197 e. The molecular formula is C19H15Cl3O6. The van der Waals surface area contributed by atoms with Gasteiger partial charge in [0.1, 0.15) is 12.2 Å². The molecule has 0 aromatic heterocycles. The van der Waals surface area contributed by atoms with Crippen molar-refractivity contribution in [1.82, 2.24) is 0 Å². The van der Waals surface area contributed by atoms with Crippen LogP contribution >= 0.6 is 35.1 Å². The summed E-state index contributed by atoms with van der Waals surface area (Å²) < 4.78 is 9.94. The van der Waals surface area contributed by atoms with Crippen LogP contribution in [-0.2, 0) is 9.03 Å². The minimum absolute atomic E-state index is 0.127. The fraction of sp³-hybridized carbons (Fsp3) is 0.263. The molecule has 1 fully saturated rings. The van der Waals surface area contributed by atoms with E-state index < -0.39 is 35.7 Å². The van der Waals surface area contributed by atoms with Crippen LogP contribution in [0.25, 0.3) is 0 Å². The summed E-state index contributed by atoms with van der Waals surface area (Å²) in [6.07, 6.45) is -5.00. The smallest absolute Gasteiger partial charge is 0.197 e. The average Bonchev–Trinajstić information content (AvgIpc) is 3.05. The number of ketones is 2. The lowest BCUT2D eigenvalue weighted by molar-refractivity contribution is -0.117. The van der Waals surface area contributed by atoms with Crippen LogP contribution in [0.4, 0.5) is 0 Å². The molecule has 0 amide bonds. The van der Waals surface area contributed by atoms with Gasteiger partial charge in [-0.25, -0.2) is 4.29 Å². The predicted octanol–water partition coefficient (Wildman–Crippen LogP) is 3.44. The highest BCUT2D eigenvalue weighted by molar-refractivity contribution is 6.31. The number of benzene rings is 2. The fourth-order valence-electron chi connectivity index (χ4n) is 3.08. The molecule has 9 heteroatoms. The lowest BCUT2D eigenvalue weighted by atomic mass is 9.82. The summed E-state index contributed by atoms with van der Waals surface area (Å²) in [5, 5.41) is 22.5. The molecule has 0 bridgehead atoms. The molecule has 2 aromatic carbocycles. The Morgan fingerprint density at radius 1 is 1.04 bits per heavy atom. The maximum atomic E-state index is 12.9. The van der Waals surface area contributed by atoms with E-state index in [-0.39, 0.29) is 17.5 Å². The van der Waals surface area contributed by atoms with Gasteiger partial charge in [-0.05, 0) is 48.5 Å². The monoisotopic (exact) mass is 444 g/mol. The van der Waals surface area contributed by atoms with E-state index in [2.05, 4.69) is 4.29 Å². The van der Waals surface area contributed by atoms with E-state index in [1.807, 2.05) is 0 Å². The highest BCUT2D eigenvalue weighted by Gasteiger charge is 2.57. The summed E-state index contributed by atoms with van der Waals surface area (Å²) in [5.74, 6) is -1.51. The number of carbonyl (C=O) groups is 2. The number of hydrogen-bond acceptors (Lipinski definition) is 6. The van der Waals surface area contributed by atoms with E-state index in [0.717, 1.165) is 0 Å². The molecule has 0 spiro atoms. The van der Waals surface area contributed by atoms with Crippen LogP contribution < -0.4 is 0 Å². The molecule has 2 N–H and O–H groups in total. The van der Waals surface area contributed by atoms with Gasteiger partial charge in [-0.3, -0.25) is 9.59 Å². The number of rotatable bonds is 6. The molecule has 1 heterocycles. The minimum Gasteiger partial charge on any atom is -0.382 e.